The normalized spacial score (nSPS) is 21.1. The molecule has 0 bridgehead atoms. The molecule has 18 heavy (non-hydrogen) atoms. The maximum Gasteiger partial charge on any atom is 0.0237 e. The maximum atomic E-state index is 3.66. The van der Waals surface area contributed by atoms with Crippen LogP contribution in [-0.2, 0) is 6.54 Å². The van der Waals surface area contributed by atoms with Crippen LogP contribution in [0.5, 0.6) is 0 Å². The summed E-state index contributed by atoms with van der Waals surface area (Å²) < 4.78 is 0. The standard InChI is InChI=1S/C16H26N2/c1-3-10-17-16-9-6-11-18(13-16)12-15-8-5-4-7-14(15)2/h4-5,7-8,16-17H,3,6,9-13H2,1-2H3. The van der Waals surface area contributed by atoms with Crippen molar-refractivity contribution in [1.29, 1.82) is 0 Å². The number of likely N-dealkylation sites (tertiary alicyclic amines) is 1. The molecule has 0 saturated carbocycles. The number of piperidine rings is 1. The molecule has 1 unspecified atom stereocenters. The van der Waals surface area contributed by atoms with E-state index in [9.17, 15) is 0 Å². The highest BCUT2D eigenvalue weighted by atomic mass is 15.2. The molecule has 1 aromatic rings. The minimum absolute atomic E-state index is 0.697. The quantitative estimate of drug-likeness (QED) is 0.859. The van der Waals surface area contributed by atoms with Crippen molar-refractivity contribution in [2.24, 2.45) is 0 Å². The van der Waals surface area contributed by atoms with E-state index in [0.29, 0.717) is 6.04 Å². The summed E-state index contributed by atoms with van der Waals surface area (Å²) in [7, 11) is 0. The van der Waals surface area contributed by atoms with Crippen LogP contribution in [0.2, 0.25) is 0 Å². The molecule has 1 N–H and O–H groups in total. The van der Waals surface area contributed by atoms with Crippen LogP contribution in [0, 0.1) is 6.92 Å². The van der Waals surface area contributed by atoms with Crippen LogP contribution >= 0.6 is 0 Å². The second-order valence-electron chi connectivity index (χ2n) is 5.45. The van der Waals surface area contributed by atoms with E-state index >= 15 is 0 Å². The van der Waals surface area contributed by atoms with Crippen molar-refractivity contribution in [3.05, 3.63) is 35.4 Å². The molecule has 2 rings (SSSR count). The molecule has 2 nitrogen and oxygen atoms in total. The molecule has 2 heteroatoms. The van der Waals surface area contributed by atoms with E-state index in [0.717, 1.165) is 13.1 Å². The van der Waals surface area contributed by atoms with Gasteiger partial charge in [0.05, 0.1) is 0 Å². The molecule has 1 aliphatic rings. The van der Waals surface area contributed by atoms with Crippen molar-refractivity contribution in [2.75, 3.05) is 19.6 Å². The molecular weight excluding hydrogens is 220 g/mol. The van der Waals surface area contributed by atoms with Gasteiger partial charge in [0.1, 0.15) is 0 Å². The summed E-state index contributed by atoms with van der Waals surface area (Å²) in [6, 6.07) is 9.45. The fraction of sp³-hybridized carbons (Fsp3) is 0.625. The Hall–Kier alpha value is -0.860. The SMILES string of the molecule is CCCNC1CCCN(Cc2ccccc2C)C1. The van der Waals surface area contributed by atoms with Gasteiger partial charge in [-0.15, -0.1) is 0 Å². The molecule has 100 valence electrons. The zero-order chi connectivity index (χ0) is 12.8. The molecule has 0 aliphatic carbocycles. The summed E-state index contributed by atoms with van der Waals surface area (Å²) in [5, 5.41) is 3.66. The highest BCUT2D eigenvalue weighted by Gasteiger charge is 2.19. The Morgan fingerprint density at radius 1 is 1.33 bits per heavy atom. The van der Waals surface area contributed by atoms with E-state index in [-0.39, 0.29) is 0 Å². The lowest BCUT2D eigenvalue weighted by Crippen LogP contribution is -2.45. The molecule has 1 aromatic carbocycles. The Labute approximate surface area is 111 Å². The molecular formula is C16H26N2. The second kappa shape index (κ2) is 6.91. The van der Waals surface area contributed by atoms with E-state index in [4.69, 9.17) is 0 Å². The summed E-state index contributed by atoms with van der Waals surface area (Å²) in [5.74, 6) is 0. The first kappa shape index (κ1) is 13.6. The first-order chi connectivity index (χ1) is 8.79. The lowest BCUT2D eigenvalue weighted by Gasteiger charge is -2.33. The number of aryl methyl sites for hydroxylation is 1. The fourth-order valence-corrected chi connectivity index (χ4v) is 2.74. The van der Waals surface area contributed by atoms with E-state index in [1.54, 1.807) is 0 Å². The Morgan fingerprint density at radius 2 is 2.17 bits per heavy atom. The van der Waals surface area contributed by atoms with Gasteiger partial charge < -0.3 is 5.32 Å². The third-order valence-electron chi connectivity index (χ3n) is 3.84. The zero-order valence-corrected chi connectivity index (χ0v) is 11.8. The Kier molecular flexibility index (Phi) is 5.21. The van der Waals surface area contributed by atoms with Gasteiger partial charge in [-0.1, -0.05) is 31.2 Å². The summed E-state index contributed by atoms with van der Waals surface area (Å²) in [4.78, 5) is 2.60. The minimum Gasteiger partial charge on any atom is -0.313 e. The number of rotatable bonds is 5. The summed E-state index contributed by atoms with van der Waals surface area (Å²) in [6.45, 7) is 9.17. The maximum absolute atomic E-state index is 3.66. The largest absolute Gasteiger partial charge is 0.313 e. The lowest BCUT2D eigenvalue weighted by molar-refractivity contribution is 0.183. The third kappa shape index (κ3) is 3.82. The number of hydrogen-bond donors (Lipinski definition) is 1. The molecule has 1 heterocycles. The van der Waals surface area contributed by atoms with Crippen LogP contribution in [0.25, 0.3) is 0 Å². The second-order valence-corrected chi connectivity index (χ2v) is 5.45. The number of benzene rings is 1. The van der Waals surface area contributed by atoms with Crippen LogP contribution in [0.1, 0.15) is 37.3 Å². The zero-order valence-electron chi connectivity index (χ0n) is 11.8. The van der Waals surface area contributed by atoms with Crippen molar-refractivity contribution in [1.82, 2.24) is 10.2 Å². The molecule has 0 radical (unpaired) electrons. The Balaban J connectivity index is 1.87. The Morgan fingerprint density at radius 3 is 2.94 bits per heavy atom. The molecule has 1 saturated heterocycles. The molecule has 1 atom stereocenters. The first-order valence-electron chi connectivity index (χ1n) is 7.30. The first-order valence-corrected chi connectivity index (χ1v) is 7.30. The monoisotopic (exact) mass is 246 g/mol. The number of hydrogen-bond acceptors (Lipinski definition) is 2. The fourth-order valence-electron chi connectivity index (χ4n) is 2.74. The van der Waals surface area contributed by atoms with Crippen LogP contribution in [0.4, 0.5) is 0 Å². The molecule has 1 aliphatic heterocycles. The van der Waals surface area contributed by atoms with Crippen molar-refractivity contribution < 1.29 is 0 Å². The highest BCUT2D eigenvalue weighted by molar-refractivity contribution is 5.25. The third-order valence-corrected chi connectivity index (χ3v) is 3.84. The number of nitrogens with zero attached hydrogens (tertiary/aromatic N) is 1. The van der Waals surface area contributed by atoms with E-state index < -0.39 is 0 Å². The van der Waals surface area contributed by atoms with Gasteiger partial charge in [-0.2, -0.15) is 0 Å². The van der Waals surface area contributed by atoms with E-state index in [1.165, 1.54) is 43.5 Å². The van der Waals surface area contributed by atoms with Gasteiger partial charge >= 0.3 is 0 Å². The minimum atomic E-state index is 0.697. The molecule has 0 aromatic heterocycles. The van der Waals surface area contributed by atoms with Gasteiger partial charge in [-0.3, -0.25) is 4.90 Å². The van der Waals surface area contributed by atoms with Crippen molar-refractivity contribution in [3.63, 3.8) is 0 Å². The lowest BCUT2D eigenvalue weighted by atomic mass is 10.0. The van der Waals surface area contributed by atoms with Gasteiger partial charge in [0.2, 0.25) is 0 Å². The topological polar surface area (TPSA) is 15.3 Å². The van der Waals surface area contributed by atoms with Gasteiger partial charge in [-0.25, -0.2) is 0 Å². The van der Waals surface area contributed by atoms with Crippen LogP contribution in [0.15, 0.2) is 24.3 Å². The smallest absolute Gasteiger partial charge is 0.0237 e. The summed E-state index contributed by atoms with van der Waals surface area (Å²) >= 11 is 0. The Bertz CT molecular complexity index is 362. The van der Waals surface area contributed by atoms with Gasteiger partial charge in [0, 0.05) is 19.1 Å². The highest BCUT2D eigenvalue weighted by Crippen LogP contribution is 2.15. The van der Waals surface area contributed by atoms with E-state index in [1.807, 2.05) is 0 Å². The van der Waals surface area contributed by atoms with Gasteiger partial charge in [-0.05, 0) is 50.4 Å². The predicted molar refractivity (Wildman–Crippen MR) is 77.8 cm³/mol. The van der Waals surface area contributed by atoms with Crippen LogP contribution < -0.4 is 5.32 Å². The average molecular weight is 246 g/mol. The van der Waals surface area contributed by atoms with Crippen molar-refractivity contribution in [3.8, 4) is 0 Å². The molecule has 0 spiro atoms. The summed E-state index contributed by atoms with van der Waals surface area (Å²) in [6.07, 6.45) is 3.89. The van der Waals surface area contributed by atoms with E-state index in [2.05, 4.69) is 48.3 Å². The van der Waals surface area contributed by atoms with Crippen LogP contribution in [-0.4, -0.2) is 30.6 Å². The predicted octanol–water partition coefficient (Wildman–Crippen LogP) is 2.96. The molecule has 1 fully saturated rings. The van der Waals surface area contributed by atoms with Crippen molar-refractivity contribution in [2.45, 2.75) is 45.7 Å². The molecule has 0 amide bonds. The van der Waals surface area contributed by atoms with Gasteiger partial charge in [0.15, 0.2) is 0 Å². The number of nitrogens with one attached hydrogen (secondary N) is 1. The average Bonchev–Trinajstić information content (AvgIpc) is 2.40. The van der Waals surface area contributed by atoms with Crippen LogP contribution in [0.3, 0.4) is 0 Å². The summed E-state index contributed by atoms with van der Waals surface area (Å²) in [5.41, 5.74) is 2.90. The van der Waals surface area contributed by atoms with Gasteiger partial charge in [0.25, 0.3) is 0 Å². The van der Waals surface area contributed by atoms with Crippen molar-refractivity contribution >= 4 is 0 Å².